The number of hydrogen-bond acceptors (Lipinski definition) is 4. The number of pyridine rings is 1. The lowest BCUT2D eigenvalue weighted by molar-refractivity contribution is 0.143. The summed E-state index contributed by atoms with van der Waals surface area (Å²) in [5.41, 5.74) is 1.00. The Morgan fingerprint density at radius 3 is 2.86 bits per heavy atom. The quantitative estimate of drug-likeness (QED) is 0.305. The van der Waals surface area contributed by atoms with Crippen LogP contribution in [0, 0.1) is 5.92 Å². The number of aromatic nitrogens is 1. The topological polar surface area (TPSA) is 67.8 Å². The first kappa shape index (κ1) is 19.0. The first-order valence-corrected chi connectivity index (χ1v) is 7.27. The molecule has 22 heavy (non-hydrogen) atoms. The fraction of sp³-hybridized carbons (Fsp3) is 0.600. The van der Waals surface area contributed by atoms with Crippen LogP contribution in [0.25, 0.3) is 0 Å². The standard InChI is InChI=1S/C15H24N4O2.HI/c1-11-9-13(11)19-15(16-2)18-10-12-5-4-6-17-14(12)21-8-7-20-3;/h4-6,11,13H,7-10H2,1-3H3,(H2,16,18,19);1H. The first-order valence-electron chi connectivity index (χ1n) is 7.27. The zero-order valence-electron chi connectivity index (χ0n) is 13.3. The maximum atomic E-state index is 5.62. The van der Waals surface area contributed by atoms with Gasteiger partial charge in [0.15, 0.2) is 5.96 Å². The molecule has 0 aromatic carbocycles. The van der Waals surface area contributed by atoms with Gasteiger partial charge in [0.05, 0.1) is 6.61 Å². The molecule has 0 radical (unpaired) electrons. The number of nitrogens with zero attached hydrogens (tertiary/aromatic N) is 2. The van der Waals surface area contributed by atoms with Crippen molar-refractivity contribution < 1.29 is 9.47 Å². The third-order valence-electron chi connectivity index (χ3n) is 3.48. The summed E-state index contributed by atoms with van der Waals surface area (Å²) < 4.78 is 10.6. The minimum atomic E-state index is 0. The van der Waals surface area contributed by atoms with Crippen LogP contribution >= 0.6 is 24.0 Å². The van der Waals surface area contributed by atoms with Gasteiger partial charge in [0.2, 0.25) is 5.88 Å². The van der Waals surface area contributed by atoms with Gasteiger partial charge < -0.3 is 20.1 Å². The third kappa shape index (κ3) is 5.96. The molecule has 1 fully saturated rings. The molecule has 1 heterocycles. The minimum Gasteiger partial charge on any atom is -0.475 e. The smallest absolute Gasteiger partial charge is 0.218 e. The van der Waals surface area contributed by atoms with Crippen molar-refractivity contribution in [3.63, 3.8) is 0 Å². The number of rotatable bonds is 7. The Bertz CT molecular complexity index is 484. The van der Waals surface area contributed by atoms with Crippen LogP contribution in [0.5, 0.6) is 5.88 Å². The van der Waals surface area contributed by atoms with E-state index < -0.39 is 0 Å². The zero-order chi connectivity index (χ0) is 15.1. The van der Waals surface area contributed by atoms with Gasteiger partial charge in [-0.1, -0.05) is 13.0 Å². The molecule has 0 saturated heterocycles. The fourth-order valence-electron chi connectivity index (χ4n) is 1.98. The van der Waals surface area contributed by atoms with E-state index in [9.17, 15) is 0 Å². The van der Waals surface area contributed by atoms with Crippen molar-refractivity contribution in [2.24, 2.45) is 10.9 Å². The number of halogens is 1. The largest absolute Gasteiger partial charge is 0.475 e. The van der Waals surface area contributed by atoms with Gasteiger partial charge in [-0.05, 0) is 18.4 Å². The van der Waals surface area contributed by atoms with Crippen LogP contribution in [0.1, 0.15) is 18.9 Å². The van der Waals surface area contributed by atoms with E-state index in [0.717, 1.165) is 17.4 Å². The van der Waals surface area contributed by atoms with Gasteiger partial charge in [-0.15, -0.1) is 24.0 Å². The van der Waals surface area contributed by atoms with Gasteiger partial charge in [0, 0.05) is 38.5 Å². The molecule has 0 spiro atoms. The fourth-order valence-corrected chi connectivity index (χ4v) is 1.98. The van der Waals surface area contributed by atoms with Gasteiger partial charge >= 0.3 is 0 Å². The molecule has 1 aliphatic carbocycles. The number of methoxy groups -OCH3 is 1. The van der Waals surface area contributed by atoms with Crippen molar-refractivity contribution >= 4 is 29.9 Å². The predicted molar refractivity (Wildman–Crippen MR) is 97.9 cm³/mol. The number of ether oxygens (including phenoxy) is 2. The summed E-state index contributed by atoms with van der Waals surface area (Å²) in [4.78, 5) is 8.50. The second-order valence-electron chi connectivity index (χ2n) is 5.20. The number of nitrogens with one attached hydrogen (secondary N) is 2. The normalized spacial score (nSPS) is 20.0. The lowest BCUT2D eigenvalue weighted by Gasteiger charge is -2.13. The van der Waals surface area contributed by atoms with E-state index in [0.29, 0.717) is 31.7 Å². The summed E-state index contributed by atoms with van der Waals surface area (Å²) in [5.74, 6) is 2.18. The van der Waals surface area contributed by atoms with E-state index in [2.05, 4.69) is 27.5 Å². The highest BCUT2D eigenvalue weighted by Gasteiger charge is 2.33. The second kappa shape index (κ2) is 9.83. The molecule has 1 saturated carbocycles. The summed E-state index contributed by atoms with van der Waals surface area (Å²) in [5, 5.41) is 6.69. The molecule has 2 N–H and O–H groups in total. The van der Waals surface area contributed by atoms with Crippen molar-refractivity contribution in [3.8, 4) is 5.88 Å². The van der Waals surface area contributed by atoms with Crippen molar-refractivity contribution in [3.05, 3.63) is 23.9 Å². The lowest BCUT2D eigenvalue weighted by Crippen LogP contribution is -2.38. The molecule has 1 aromatic rings. The Morgan fingerprint density at radius 1 is 1.45 bits per heavy atom. The molecule has 6 nitrogen and oxygen atoms in total. The van der Waals surface area contributed by atoms with Crippen molar-refractivity contribution in [1.29, 1.82) is 0 Å². The van der Waals surface area contributed by atoms with Crippen LogP contribution in [0.15, 0.2) is 23.3 Å². The van der Waals surface area contributed by atoms with Gasteiger partial charge in [-0.3, -0.25) is 4.99 Å². The molecule has 7 heteroatoms. The van der Waals surface area contributed by atoms with Crippen molar-refractivity contribution in [2.75, 3.05) is 27.4 Å². The third-order valence-corrected chi connectivity index (χ3v) is 3.48. The molecule has 2 rings (SSSR count). The average molecular weight is 420 g/mol. The maximum Gasteiger partial charge on any atom is 0.218 e. The Morgan fingerprint density at radius 2 is 2.23 bits per heavy atom. The van der Waals surface area contributed by atoms with E-state index in [4.69, 9.17) is 9.47 Å². The van der Waals surface area contributed by atoms with E-state index in [1.165, 1.54) is 6.42 Å². The lowest BCUT2D eigenvalue weighted by atomic mass is 10.2. The Labute approximate surface area is 149 Å². The molecule has 0 amide bonds. The molecule has 0 bridgehead atoms. The van der Waals surface area contributed by atoms with Crippen LogP contribution in [0.3, 0.4) is 0 Å². The SMILES string of the molecule is CN=C(NCc1cccnc1OCCOC)NC1CC1C.I. The Hall–Kier alpha value is -1.09. The molecule has 2 unspecified atom stereocenters. The summed E-state index contributed by atoms with van der Waals surface area (Å²) in [6, 6.07) is 4.44. The molecular formula is C15H25IN4O2. The number of aliphatic imine (C=N–C) groups is 1. The zero-order valence-corrected chi connectivity index (χ0v) is 15.7. The van der Waals surface area contributed by atoms with E-state index in [1.54, 1.807) is 20.4 Å². The van der Waals surface area contributed by atoms with Crippen molar-refractivity contribution in [2.45, 2.75) is 25.9 Å². The van der Waals surface area contributed by atoms with Gasteiger partial charge in [-0.25, -0.2) is 4.98 Å². The minimum absolute atomic E-state index is 0. The van der Waals surface area contributed by atoms with Gasteiger partial charge in [0.1, 0.15) is 6.61 Å². The van der Waals surface area contributed by atoms with Crippen LogP contribution in [0.4, 0.5) is 0 Å². The van der Waals surface area contributed by atoms with Crippen LogP contribution in [-0.2, 0) is 11.3 Å². The van der Waals surface area contributed by atoms with Gasteiger partial charge in [-0.2, -0.15) is 0 Å². The Balaban J connectivity index is 0.00000242. The molecule has 0 aliphatic heterocycles. The summed E-state index contributed by atoms with van der Waals surface area (Å²) in [6.45, 7) is 3.89. The summed E-state index contributed by atoms with van der Waals surface area (Å²) >= 11 is 0. The van der Waals surface area contributed by atoms with E-state index >= 15 is 0 Å². The maximum absolute atomic E-state index is 5.62. The van der Waals surface area contributed by atoms with Crippen LogP contribution in [-0.4, -0.2) is 44.4 Å². The van der Waals surface area contributed by atoms with Gasteiger partial charge in [0.25, 0.3) is 0 Å². The summed E-state index contributed by atoms with van der Waals surface area (Å²) in [6.07, 6.45) is 2.93. The Kier molecular flexibility index (Phi) is 8.47. The van der Waals surface area contributed by atoms with E-state index in [-0.39, 0.29) is 24.0 Å². The number of hydrogen-bond donors (Lipinski definition) is 2. The average Bonchev–Trinajstić information content (AvgIpc) is 3.20. The molecular weight excluding hydrogens is 395 g/mol. The highest BCUT2D eigenvalue weighted by molar-refractivity contribution is 14.0. The highest BCUT2D eigenvalue weighted by atomic mass is 127. The molecule has 1 aliphatic rings. The number of guanidine groups is 1. The van der Waals surface area contributed by atoms with Crippen molar-refractivity contribution in [1.82, 2.24) is 15.6 Å². The molecule has 1 aromatic heterocycles. The van der Waals surface area contributed by atoms with E-state index in [1.807, 2.05) is 12.1 Å². The predicted octanol–water partition coefficient (Wildman–Crippen LogP) is 1.80. The monoisotopic (exact) mass is 420 g/mol. The highest BCUT2D eigenvalue weighted by Crippen LogP contribution is 2.28. The first-order chi connectivity index (χ1) is 10.2. The molecule has 2 atom stereocenters. The second-order valence-corrected chi connectivity index (χ2v) is 5.20. The van der Waals surface area contributed by atoms with Crippen LogP contribution < -0.4 is 15.4 Å². The van der Waals surface area contributed by atoms with Crippen LogP contribution in [0.2, 0.25) is 0 Å². The molecule has 124 valence electrons. The summed E-state index contributed by atoms with van der Waals surface area (Å²) in [7, 11) is 3.43.